The van der Waals surface area contributed by atoms with Crippen LogP contribution in [0.4, 0.5) is 4.39 Å². The molecule has 154 valence electrons. The van der Waals surface area contributed by atoms with Crippen molar-refractivity contribution in [2.75, 3.05) is 7.11 Å². The van der Waals surface area contributed by atoms with Crippen molar-refractivity contribution in [3.05, 3.63) is 65.6 Å². The second-order valence-electron chi connectivity index (χ2n) is 7.17. The molecule has 4 unspecified atom stereocenters. The van der Waals surface area contributed by atoms with E-state index in [1.807, 2.05) is 6.07 Å². The van der Waals surface area contributed by atoms with Gasteiger partial charge >= 0.3 is 5.97 Å². The first-order chi connectivity index (χ1) is 14.5. The number of nitrogens with zero attached hydrogens (tertiary/aromatic N) is 2. The molecule has 0 aliphatic carbocycles. The highest BCUT2D eigenvalue weighted by molar-refractivity contribution is 5.70. The van der Waals surface area contributed by atoms with Gasteiger partial charge in [-0.05, 0) is 29.3 Å². The second-order valence-corrected chi connectivity index (χ2v) is 7.17. The molecule has 2 aliphatic heterocycles. The number of fused-ring (bicyclic) bond motifs is 1. The van der Waals surface area contributed by atoms with Gasteiger partial charge in [0.15, 0.2) is 6.23 Å². The SMILES string of the molecule is COC(=O)CC1NNC2OC(N)=C(C#N)C(c3cncc(-c4ccc(F)cc4)c3)C12. The molecule has 0 spiro atoms. The molecule has 2 aromatic rings. The van der Waals surface area contributed by atoms with Crippen LogP contribution in [0.2, 0.25) is 0 Å². The van der Waals surface area contributed by atoms with Crippen molar-refractivity contribution in [1.82, 2.24) is 15.8 Å². The maximum Gasteiger partial charge on any atom is 0.307 e. The third kappa shape index (κ3) is 3.58. The first-order valence-electron chi connectivity index (χ1n) is 9.37. The van der Waals surface area contributed by atoms with Crippen LogP contribution in [0.15, 0.2) is 54.2 Å². The number of rotatable bonds is 4. The van der Waals surface area contributed by atoms with Crippen LogP contribution in [0, 0.1) is 23.1 Å². The zero-order valence-electron chi connectivity index (χ0n) is 16.1. The van der Waals surface area contributed by atoms with Crippen molar-refractivity contribution in [3.8, 4) is 17.2 Å². The minimum atomic E-state index is -0.531. The number of pyridine rings is 1. The third-order valence-corrected chi connectivity index (χ3v) is 5.47. The molecule has 1 fully saturated rings. The number of carbonyl (C=O) groups excluding carboxylic acids is 1. The Bertz CT molecular complexity index is 1030. The fourth-order valence-corrected chi connectivity index (χ4v) is 4.05. The summed E-state index contributed by atoms with van der Waals surface area (Å²) in [5.41, 5.74) is 14.7. The Morgan fingerprint density at radius 3 is 2.77 bits per heavy atom. The number of allylic oxidation sites excluding steroid dienone is 1. The average molecular weight is 409 g/mol. The van der Waals surface area contributed by atoms with Crippen molar-refractivity contribution in [3.63, 3.8) is 0 Å². The van der Waals surface area contributed by atoms with E-state index in [0.29, 0.717) is 0 Å². The van der Waals surface area contributed by atoms with Crippen LogP contribution in [0.25, 0.3) is 11.1 Å². The van der Waals surface area contributed by atoms with Crippen LogP contribution < -0.4 is 16.6 Å². The maximum atomic E-state index is 13.3. The molecule has 0 bridgehead atoms. The molecular weight excluding hydrogens is 389 g/mol. The Morgan fingerprint density at radius 2 is 2.07 bits per heavy atom. The van der Waals surface area contributed by atoms with Crippen LogP contribution in [0.1, 0.15) is 17.9 Å². The summed E-state index contributed by atoms with van der Waals surface area (Å²) in [6.45, 7) is 0. The molecule has 1 saturated heterocycles. The van der Waals surface area contributed by atoms with Gasteiger partial charge in [0.25, 0.3) is 0 Å². The fourth-order valence-electron chi connectivity index (χ4n) is 4.05. The summed E-state index contributed by atoms with van der Waals surface area (Å²) in [5.74, 6) is -1.45. The zero-order valence-corrected chi connectivity index (χ0v) is 16.1. The van der Waals surface area contributed by atoms with E-state index in [1.54, 1.807) is 24.5 Å². The number of hydrogen-bond donors (Lipinski definition) is 3. The minimum absolute atomic E-state index is 0.0314. The standard InChI is InChI=1S/C21H20FN5O3/c1-29-17(28)7-16-19-18(15(8-23)20(24)30-21(19)27-26-16)13-6-12(9-25-10-13)11-2-4-14(22)5-3-11/h2-6,9-10,16,18-19,21,26-27H,7,24H2,1H3. The van der Waals surface area contributed by atoms with E-state index in [2.05, 4.69) is 21.9 Å². The summed E-state index contributed by atoms with van der Waals surface area (Å²) >= 11 is 0. The molecule has 0 amide bonds. The van der Waals surface area contributed by atoms with E-state index in [1.165, 1.54) is 19.2 Å². The Labute approximate surface area is 172 Å². The fraction of sp³-hybridized carbons (Fsp3) is 0.286. The van der Waals surface area contributed by atoms with Crippen LogP contribution in [-0.4, -0.2) is 30.3 Å². The van der Waals surface area contributed by atoms with Gasteiger partial charge in [0, 0.05) is 35.8 Å². The number of esters is 1. The van der Waals surface area contributed by atoms with Crippen LogP contribution >= 0.6 is 0 Å². The molecular formula is C21H20FN5O3. The molecule has 0 saturated carbocycles. The van der Waals surface area contributed by atoms with E-state index >= 15 is 0 Å². The highest BCUT2D eigenvalue weighted by Gasteiger charge is 2.49. The van der Waals surface area contributed by atoms with Gasteiger partial charge in [0.05, 0.1) is 19.1 Å². The molecule has 9 heteroatoms. The van der Waals surface area contributed by atoms with E-state index in [0.717, 1.165) is 16.7 Å². The summed E-state index contributed by atoms with van der Waals surface area (Å²) in [6, 6.07) is 9.78. The lowest BCUT2D eigenvalue weighted by atomic mass is 9.75. The number of nitriles is 1. The molecule has 1 aromatic heterocycles. The van der Waals surface area contributed by atoms with Gasteiger partial charge in [0.1, 0.15) is 11.9 Å². The number of benzene rings is 1. The second kappa shape index (κ2) is 8.10. The van der Waals surface area contributed by atoms with Crippen LogP contribution in [0.3, 0.4) is 0 Å². The monoisotopic (exact) mass is 409 g/mol. The third-order valence-electron chi connectivity index (χ3n) is 5.47. The maximum absolute atomic E-state index is 13.3. The summed E-state index contributed by atoms with van der Waals surface area (Å²) in [7, 11) is 1.33. The number of carbonyl (C=O) groups is 1. The summed E-state index contributed by atoms with van der Waals surface area (Å²) in [4.78, 5) is 16.2. The molecule has 0 radical (unpaired) electrons. The van der Waals surface area contributed by atoms with Gasteiger partial charge in [0.2, 0.25) is 5.88 Å². The molecule has 1 aromatic carbocycles. The van der Waals surface area contributed by atoms with Crippen molar-refractivity contribution < 1.29 is 18.7 Å². The average Bonchev–Trinajstić information content (AvgIpc) is 3.15. The number of methoxy groups -OCH3 is 1. The first kappa shape index (κ1) is 19.8. The predicted molar refractivity (Wildman–Crippen MR) is 104 cm³/mol. The van der Waals surface area contributed by atoms with Gasteiger partial charge in [-0.3, -0.25) is 15.2 Å². The molecule has 3 heterocycles. The summed E-state index contributed by atoms with van der Waals surface area (Å²) in [5, 5.41) is 9.78. The zero-order chi connectivity index (χ0) is 21.3. The lowest BCUT2D eigenvalue weighted by molar-refractivity contribution is -0.141. The number of aromatic nitrogens is 1. The van der Waals surface area contributed by atoms with Gasteiger partial charge < -0.3 is 15.2 Å². The van der Waals surface area contributed by atoms with Crippen molar-refractivity contribution >= 4 is 5.97 Å². The topological polar surface area (TPSA) is 122 Å². The van der Waals surface area contributed by atoms with E-state index in [-0.39, 0.29) is 41.6 Å². The molecule has 30 heavy (non-hydrogen) atoms. The smallest absolute Gasteiger partial charge is 0.307 e. The van der Waals surface area contributed by atoms with E-state index in [9.17, 15) is 14.4 Å². The predicted octanol–water partition coefficient (Wildman–Crippen LogP) is 1.68. The van der Waals surface area contributed by atoms with Crippen LogP contribution in [0.5, 0.6) is 0 Å². The molecule has 2 aliphatic rings. The molecule has 4 N–H and O–H groups in total. The highest BCUT2D eigenvalue weighted by atomic mass is 19.1. The Hall–Kier alpha value is -3.48. The molecule has 4 atom stereocenters. The van der Waals surface area contributed by atoms with Gasteiger partial charge in [-0.1, -0.05) is 12.1 Å². The summed E-state index contributed by atoms with van der Waals surface area (Å²) < 4.78 is 23.8. The number of ether oxygens (including phenoxy) is 2. The number of nitrogens with one attached hydrogen (secondary N) is 2. The van der Waals surface area contributed by atoms with Gasteiger partial charge in [-0.2, -0.15) is 5.26 Å². The van der Waals surface area contributed by atoms with Gasteiger partial charge in [-0.25, -0.2) is 9.82 Å². The quantitative estimate of drug-likeness (QED) is 0.652. The largest absolute Gasteiger partial charge is 0.469 e. The van der Waals surface area contributed by atoms with Crippen LogP contribution in [-0.2, 0) is 14.3 Å². The first-order valence-corrected chi connectivity index (χ1v) is 9.37. The normalized spacial score (nSPS) is 25.2. The number of hydrazine groups is 1. The number of nitrogens with two attached hydrogens (primary N) is 1. The minimum Gasteiger partial charge on any atom is -0.469 e. The van der Waals surface area contributed by atoms with Crippen molar-refractivity contribution in [2.45, 2.75) is 24.6 Å². The Balaban J connectivity index is 1.76. The summed E-state index contributed by atoms with van der Waals surface area (Å²) in [6.07, 6.45) is 2.90. The number of hydrogen-bond acceptors (Lipinski definition) is 8. The lowest BCUT2D eigenvalue weighted by Gasteiger charge is -2.35. The Kier molecular flexibility index (Phi) is 5.35. The highest BCUT2D eigenvalue weighted by Crippen LogP contribution is 2.43. The van der Waals surface area contributed by atoms with E-state index < -0.39 is 12.1 Å². The Morgan fingerprint density at radius 1 is 1.30 bits per heavy atom. The van der Waals surface area contributed by atoms with Crippen molar-refractivity contribution in [2.24, 2.45) is 11.7 Å². The van der Waals surface area contributed by atoms with Crippen molar-refractivity contribution in [1.29, 1.82) is 5.26 Å². The van der Waals surface area contributed by atoms with E-state index in [4.69, 9.17) is 15.2 Å². The van der Waals surface area contributed by atoms with Gasteiger partial charge in [-0.15, -0.1) is 0 Å². The molecule has 4 rings (SSSR count). The molecule has 8 nitrogen and oxygen atoms in total. The number of halogens is 1. The lowest BCUT2D eigenvalue weighted by Crippen LogP contribution is -2.41.